The van der Waals surface area contributed by atoms with E-state index in [1.54, 1.807) is 0 Å². The van der Waals surface area contributed by atoms with Gasteiger partial charge in [0.2, 0.25) is 0 Å². The van der Waals surface area contributed by atoms with Crippen molar-refractivity contribution >= 4 is 5.97 Å². The van der Waals surface area contributed by atoms with Crippen molar-refractivity contribution in [1.82, 2.24) is 14.7 Å². The average Bonchev–Trinajstić information content (AvgIpc) is 2.91. The number of aromatic nitrogens is 2. The first-order chi connectivity index (χ1) is 9.05. The summed E-state index contributed by atoms with van der Waals surface area (Å²) in [6.07, 6.45) is 0. The Balaban J connectivity index is 2.03. The van der Waals surface area contributed by atoms with Gasteiger partial charge in [0, 0.05) is 26.2 Å². The Kier molecular flexibility index (Phi) is 4.24. The van der Waals surface area contributed by atoms with E-state index in [1.165, 1.54) is 12.8 Å². The molecule has 1 aromatic rings. The molecule has 5 heteroatoms. The summed E-state index contributed by atoms with van der Waals surface area (Å²) in [6, 6.07) is 2.12. The molecule has 5 nitrogen and oxygen atoms in total. The number of hydrogen-bond donors (Lipinski definition) is 0. The predicted molar refractivity (Wildman–Crippen MR) is 72.6 cm³/mol. The van der Waals surface area contributed by atoms with Gasteiger partial charge in [-0.3, -0.25) is 14.4 Å². The van der Waals surface area contributed by atoms with Crippen LogP contribution < -0.4 is 0 Å². The van der Waals surface area contributed by atoms with E-state index in [9.17, 15) is 4.79 Å². The van der Waals surface area contributed by atoms with Crippen LogP contribution in [0.5, 0.6) is 0 Å². The van der Waals surface area contributed by atoms with Gasteiger partial charge in [-0.2, -0.15) is 5.10 Å². The molecule has 1 aliphatic rings. The molecule has 0 N–H and O–H groups in total. The molecule has 2 rings (SSSR count). The summed E-state index contributed by atoms with van der Waals surface area (Å²) in [6.45, 7) is 9.68. The molecule has 106 valence electrons. The van der Waals surface area contributed by atoms with Crippen LogP contribution in [0.2, 0.25) is 0 Å². The van der Waals surface area contributed by atoms with Gasteiger partial charge >= 0.3 is 5.97 Å². The largest absolute Gasteiger partial charge is 0.469 e. The fourth-order valence-electron chi connectivity index (χ4n) is 2.88. The zero-order chi connectivity index (χ0) is 14.0. The first kappa shape index (κ1) is 14.1. The zero-order valence-electron chi connectivity index (χ0n) is 12.2. The average molecular weight is 265 g/mol. The summed E-state index contributed by atoms with van der Waals surface area (Å²) in [5.74, 6) is 0.269. The predicted octanol–water partition coefficient (Wildman–Crippen LogP) is 1.45. The quantitative estimate of drug-likeness (QED) is 0.773. The fourth-order valence-corrected chi connectivity index (χ4v) is 2.88. The lowest BCUT2D eigenvalue weighted by Gasteiger charge is -2.15. The summed E-state index contributed by atoms with van der Waals surface area (Å²) >= 11 is 0. The molecule has 2 unspecified atom stereocenters. The number of rotatable bonds is 4. The van der Waals surface area contributed by atoms with Gasteiger partial charge < -0.3 is 4.74 Å². The maximum absolute atomic E-state index is 11.7. The van der Waals surface area contributed by atoms with Crippen molar-refractivity contribution in [2.24, 2.45) is 11.8 Å². The van der Waals surface area contributed by atoms with Crippen molar-refractivity contribution in [1.29, 1.82) is 0 Å². The maximum atomic E-state index is 11.7. The molecule has 0 aliphatic carbocycles. The minimum atomic E-state index is -0.0878. The third-order valence-electron chi connectivity index (χ3n) is 3.86. The van der Waals surface area contributed by atoms with E-state index < -0.39 is 0 Å². The number of ether oxygens (including phenoxy) is 1. The third kappa shape index (κ3) is 2.97. The molecule has 0 saturated carbocycles. The number of aryl methyl sites for hydroxylation is 2. The van der Waals surface area contributed by atoms with Gasteiger partial charge in [0.25, 0.3) is 0 Å². The number of hydrogen-bond acceptors (Lipinski definition) is 4. The number of carbonyl (C=O) groups excluding carboxylic acids is 1. The van der Waals surface area contributed by atoms with Crippen LogP contribution in [0, 0.1) is 18.8 Å². The molecule has 1 saturated heterocycles. The van der Waals surface area contributed by atoms with Crippen LogP contribution >= 0.6 is 0 Å². The smallest absolute Gasteiger partial charge is 0.310 e. The molecule has 0 spiro atoms. The minimum absolute atomic E-state index is 0.00379. The Bertz CT molecular complexity index is 456. The van der Waals surface area contributed by atoms with Crippen molar-refractivity contribution in [2.45, 2.75) is 33.9 Å². The summed E-state index contributed by atoms with van der Waals surface area (Å²) in [4.78, 5) is 14.0. The summed E-state index contributed by atoms with van der Waals surface area (Å²) < 4.78 is 6.90. The highest BCUT2D eigenvalue weighted by molar-refractivity contribution is 5.73. The van der Waals surface area contributed by atoms with Crippen molar-refractivity contribution in [2.75, 3.05) is 20.2 Å². The number of likely N-dealkylation sites (tertiary alicyclic amines) is 1. The molecule has 2 heterocycles. The van der Waals surface area contributed by atoms with E-state index in [-0.39, 0.29) is 11.9 Å². The van der Waals surface area contributed by atoms with E-state index >= 15 is 0 Å². The second kappa shape index (κ2) is 5.74. The number of methoxy groups -OCH3 is 1. The number of nitrogens with zero attached hydrogens (tertiary/aromatic N) is 3. The molecule has 1 aliphatic heterocycles. The van der Waals surface area contributed by atoms with Crippen LogP contribution in [0.1, 0.15) is 25.2 Å². The molecule has 1 aromatic heterocycles. The summed E-state index contributed by atoms with van der Waals surface area (Å²) in [5, 5.41) is 4.46. The summed E-state index contributed by atoms with van der Waals surface area (Å²) in [5.41, 5.74) is 2.27. The van der Waals surface area contributed by atoms with Crippen molar-refractivity contribution in [3.05, 3.63) is 17.5 Å². The Hall–Kier alpha value is -1.36. The first-order valence-electron chi connectivity index (χ1n) is 6.88. The van der Waals surface area contributed by atoms with Crippen LogP contribution in [-0.4, -0.2) is 40.8 Å². The van der Waals surface area contributed by atoms with Gasteiger partial charge in [-0.1, -0.05) is 6.92 Å². The molecule has 19 heavy (non-hydrogen) atoms. The molecular weight excluding hydrogens is 242 g/mol. The molecule has 2 atom stereocenters. The lowest BCUT2D eigenvalue weighted by molar-refractivity contribution is -0.146. The van der Waals surface area contributed by atoms with E-state index in [0.717, 1.165) is 31.9 Å². The van der Waals surface area contributed by atoms with E-state index in [4.69, 9.17) is 4.74 Å². The van der Waals surface area contributed by atoms with Crippen LogP contribution in [-0.2, 0) is 22.6 Å². The zero-order valence-corrected chi connectivity index (χ0v) is 12.2. The topological polar surface area (TPSA) is 47.4 Å². The molecule has 0 radical (unpaired) electrons. The van der Waals surface area contributed by atoms with Gasteiger partial charge in [0.15, 0.2) is 0 Å². The summed E-state index contributed by atoms with van der Waals surface area (Å²) in [7, 11) is 1.47. The van der Waals surface area contributed by atoms with Gasteiger partial charge in [-0.15, -0.1) is 0 Å². The Labute approximate surface area is 114 Å². The normalized spacial score (nSPS) is 23.8. The molecule has 1 fully saturated rings. The van der Waals surface area contributed by atoms with Crippen LogP contribution in [0.4, 0.5) is 0 Å². The first-order valence-corrected chi connectivity index (χ1v) is 6.88. The Morgan fingerprint density at radius 2 is 2.26 bits per heavy atom. The fraction of sp³-hybridized carbons (Fsp3) is 0.714. The highest BCUT2D eigenvalue weighted by Crippen LogP contribution is 2.25. The van der Waals surface area contributed by atoms with Gasteiger partial charge in [-0.25, -0.2) is 0 Å². The second-order valence-electron chi connectivity index (χ2n) is 5.39. The van der Waals surface area contributed by atoms with Crippen LogP contribution in [0.3, 0.4) is 0 Å². The SMILES string of the molecule is CCn1nc(C)cc1CN1CC(C)C(C(=O)OC)C1. The highest BCUT2D eigenvalue weighted by Gasteiger charge is 2.35. The molecule has 0 aromatic carbocycles. The van der Waals surface area contributed by atoms with E-state index in [0.29, 0.717) is 5.92 Å². The van der Waals surface area contributed by atoms with E-state index in [2.05, 4.69) is 29.9 Å². The maximum Gasteiger partial charge on any atom is 0.310 e. The second-order valence-corrected chi connectivity index (χ2v) is 5.39. The van der Waals surface area contributed by atoms with Crippen LogP contribution in [0.25, 0.3) is 0 Å². The lowest BCUT2D eigenvalue weighted by atomic mass is 9.99. The van der Waals surface area contributed by atoms with Crippen molar-refractivity contribution in [3.8, 4) is 0 Å². The van der Waals surface area contributed by atoms with Gasteiger partial charge in [-0.05, 0) is 25.8 Å². The highest BCUT2D eigenvalue weighted by atomic mass is 16.5. The molecule has 0 amide bonds. The van der Waals surface area contributed by atoms with Crippen molar-refractivity contribution < 1.29 is 9.53 Å². The molecular formula is C14H23N3O2. The van der Waals surface area contributed by atoms with Gasteiger partial charge in [0.1, 0.15) is 0 Å². The van der Waals surface area contributed by atoms with Gasteiger partial charge in [0.05, 0.1) is 24.4 Å². The van der Waals surface area contributed by atoms with Crippen molar-refractivity contribution in [3.63, 3.8) is 0 Å². The number of esters is 1. The Morgan fingerprint density at radius 1 is 1.53 bits per heavy atom. The third-order valence-corrected chi connectivity index (χ3v) is 3.86. The monoisotopic (exact) mass is 265 g/mol. The number of carbonyl (C=O) groups is 1. The van der Waals surface area contributed by atoms with E-state index in [1.807, 2.05) is 11.6 Å². The molecule has 0 bridgehead atoms. The Morgan fingerprint density at radius 3 is 2.89 bits per heavy atom. The lowest BCUT2D eigenvalue weighted by Crippen LogP contribution is -2.25. The van der Waals surface area contributed by atoms with Crippen LogP contribution in [0.15, 0.2) is 6.07 Å². The standard InChI is InChI=1S/C14H23N3O2/c1-5-17-12(6-11(3)15-17)8-16-7-10(2)13(9-16)14(18)19-4/h6,10,13H,5,7-9H2,1-4H3. The minimum Gasteiger partial charge on any atom is -0.469 e.